The molecule has 1 aromatic carbocycles. The lowest BCUT2D eigenvalue weighted by Gasteiger charge is -2.08. The van der Waals surface area contributed by atoms with Crippen LogP contribution in [-0.2, 0) is 6.18 Å². The number of pyridine rings is 1. The van der Waals surface area contributed by atoms with E-state index in [1.54, 1.807) is 24.3 Å². The molecule has 0 amide bonds. The molecule has 5 nitrogen and oxygen atoms in total. The van der Waals surface area contributed by atoms with Crippen LogP contribution in [-0.4, -0.2) is 27.3 Å². The molecule has 3 aromatic rings. The fourth-order valence-corrected chi connectivity index (χ4v) is 2.08. The lowest BCUT2D eigenvalue weighted by Crippen LogP contribution is -2.08. The predicted octanol–water partition coefficient (Wildman–Crippen LogP) is 3.56. The highest BCUT2D eigenvalue weighted by Gasteiger charge is 2.35. The Bertz CT molecular complexity index is 829. The molecule has 0 unspecified atom stereocenters. The molecule has 0 saturated carbocycles. The van der Waals surface area contributed by atoms with Crippen molar-refractivity contribution < 1.29 is 17.9 Å². The molecular weight excluding hydrogens is 309 g/mol. The number of methoxy groups -OCH3 is 1. The van der Waals surface area contributed by atoms with E-state index in [1.165, 1.54) is 19.4 Å². The summed E-state index contributed by atoms with van der Waals surface area (Å²) in [6.07, 6.45) is -3.26. The van der Waals surface area contributed by atoms with Gasteiger partial charge in [-0.1, -0.05) is 12.1 Å². The van der Waals surface area contributed by atoms with E-state index in [2.05, 4.69) is 20.2 Å². The topological polar surface area (TPSA) is 63.7 Å². The van der Waals surface area contributed by atoms with Crippen LogP contribution in [0.4, 0.5) is 13.2 Å². The number of rotatable bonds is 3. The maximum Gasteiger partial charge on any atom is 0.418 e. The third-order valence-corrected chi connectivity index (χ3v) is 3.15. The van der Waals surface area contributed by atoms with Gasteiger partial charge in [-0.25, -0.2) is 4.98 Å². The number of hydrogen-bond donors (Lipinski definition) is 1. The van der Waals surface area contributed by atoms with E-state index in [0.29, 0.717) is 17.1 Å². The zero-order chi connectivity index (χ0) is 16.4. The van der Waals surface area contributed by atoms with E-state index in [1.807, 2.05) is 0 Å². The third kappa shape index (κ3) is 3.01. The standard InChI is InChI=1S/C15H11F3N4O/c1-23-10-5-2-4-9(8-10)13-20-14(22-21-13)12-11(15(16,17)18)6-3-7-19-12/h2-8H,1H3,(H,20,21,22). The smallest absolute Gasteiger partial charge is 0.418 e. The normalized spacial score (nSPS) is 11.5. The number of nitrogens with zero attached hydrogens (tertiary/aromatic N) is 3. The zero-order valence-corrected chi connectivity index (χ0v) is 11.9. The first-order valence-corrected chi connectivity index (χ1v) is 6.58. The van der Waals surface area contributed by atoms with E-state index in [0.717, 1.165) is 6.07 Å². The minimum atomic E-state index is -4.53. The number of hydrogen-bond acceptors (Lipinski definition) is 4. The van der Waals surface area contributed by atoms with Crippen LogP contribution in [0.25, 0.3) is 22.9 Å². The van der Waals surface area contributed by atoms with Gasteiger partial charge in [0.15, 0.2) is 5.82 Å². The number of H-pyrrole nitrogens is 1. The van der Waals surface area contributed by atoms with Crippen molar-refractivity contribution in [3.05, 3.63) is 48.2 Å². The minimum absolute atomic E-state index is 0.115. The molecule has 0 aliphatic heterocycles. The van der Waals surface area contributed by atoms with Crippen LogP contribution in [0.5, 0.6) is 5.75 Å². The first-order valence-electron chi connectivity index (χ1n) is 6.58. The summed E-state index contributed by atoms with van der Waals surface area (Å²) in [5.41, 5.74) is -0.547. The van der Waals surface area contributed by atoms with Crippen molar-refractivity contribution in [1.29, 1.82) is 0 Å². The molecule has 8 heteroatoms. The Labute approximate surface area is 129 Å². The first kappa shape index (κ1) is 15.0. The Hall–Kier alpha value is -2.90. The van der Waals surface area contributed by atoms with Gasteiger partial charge >= 0.3 is 6.18 Å². The number of ether oxygens (including phenoxy) is 1. The van der Waals surface area contributed by atoms with Crippen LogP contribution >= 0.6 is 0 Å². The average molecular weight is 320 g/mol. The van der Waals surface area contributed by atoms with Crippen LogP contribution in [0.1, 0.15) is 5.56 Å². The van der Waals surface area contributed by atoms with Crippen molar-refractivity contribution in [2.75, 3.05) is 7.11 Å². The van der Waals surface area contributed by atoms with E-state index < -0.39 is 11.7 Å². The van der Waals surface area contributed by atoms with Gasteiger partial charge in [-0.3, -0.25) is 10.1 Å². The van der Waals surface area contributed by atoms with Crippen LogP contribution in [0, 0.1) is 0 Å². The summed E-state index contributed by atoms with van der Waals surface area (Å²) in [5, 5.41) is 6.48. The Morgan fingerprint density at radius 2 is 1.96 bits per heavy atom. The SMILES string of the molecule is COc1cccc(-c2nc(-c3ncccc3C(F)(F)F)n[nH]2)c1. The molecule has 3 rings (SSSR count). The molecule has 118 valence electrons. The molecule has 0 bridgehead atoms. The van der Waals surface area contributed by atoms with E-state index in [4.69, 9.17) is 4.74 Å². The van der Waals surface area contributed by atoms with Gasteiger partial charge in [-0.05, 0) is 24.3 Å². The van der Waals surface area contributed by atoms with Gasteiger partial charge in [0.1, 0.15) is 11.4 Å². The summed E-state index contributed by atoms with van der Waals surface area (Å²) in [7, 11) is 1.52. The molecule has 0 aliphatic carbocycles. The monoisotopic (exact) mass is 320 g/mol. The molecule has 2 heterocycles. The van der Waals surface area contributed by atoms with Crippen molar-refractivity contribution in [3.63, 3.8) is 0 Å². The summed E-state index contributed by atoms with van der Waals surface area (Å²) < 4.78 is 44.2. The molecule has 0 aliphatic rings. The van der Waals surface area contributed by atoms with Gasteiger partial charge < -0.3 is 4.74 Å². The Kier molecular flexibility index (Phi) is 3.73. The van der Waals surface area contributed by atoms with Crippen LogP contribution in [0.3, 0.4) is 0 Å². The molecule has 0 saturated heterocycles. The minimum Gasteiger partial charge on any atom is -0.497 e. The van der Waals surface area contributed by atoms with Gasteiger partial charge in [-0.2, -0.15) is 18.3 Å². The molecule has 0 radical (unpaired) electrons. The lowest BCUT2D eigenvalue weighted by atomic mass is 10.1. The number of halogens is 3. The van der Waals surface area contributed by atoms with Crippen molar-refractivity contribution in [1.82, 2.24) is 20.2 Å². The second-order valence-electron chi connectivity index (χ2n) is 4.64. The maximum absolute atomic E-state index is 13.0. The molecule has 1 N–H and O–H groups in total. The maximum atomic E-state index is 13.0. The summed E-state index contributed by atoms with van der Waals surface area (Å²) in [6.45, 7) is 0. The largest absolute Gasteiger partial charge is 0.497 e. The molecule has 23 heavy (non-hydrogen) atoms. The average Bonchev–Trinajstić information content (AvgIpc) is 3.04. The molecule has 0 spiro atoms. The summed E-state index contributed by atoms with van der Waals surface area (Å²) in [6, 6.07) is 9.12. The van der Waals surface area contributed by atoms with E-state index >= 15 is 0 Å². The van der Waals surface area contributed by atoms with Crippen LogP contribution < -0.4 is 4.74 Å². The van der Waals surface area contributed by atoms with Crippen LogP contribution in [0.2, 0.25) is 0 Å². The van der Waals surface area contributed by atoms with Crippen molar-refractivity contribution in [2.45, 2.75) is 6.18 Å². The Morgan fingerprint density at radius 3 is 2.70 bits per heavy atom. The number of benzene rings is 1. The second kappa shape index (κ2) is 5.71. The quantitative estimate of drug-likeness (QED) is 0.801. The van der Waals surface area contributed by atoms with Gasteiger partial charge in [-0.15, -0.1) is 0 Å². The first-order chi connectivity index (χ1) is 11.0. The molecular formula is C15H11F3N4O. The summed E-state index contributed by atoms with van der Waals surface area (Å²) in [5.74, 6) is 0.822. The molecule has 0 fully saturated rings. The van der Waals surface area contributed by atoms with Gasteiger partial charge in [0, 0.05) is 11.8 Å². The Balaban J connectivity index is 2.03. The lowest BCUT2D eigenvalue weighted by molar-refractivity contribution is -0.137. The number of alkyl halides is 3. The molecule has 0 atom stereocenters. The number of aromatic amines is 1. The highest BCUT2D eigenvalue weighted by atomic mass is 19.4. The summed E-state index contributed by atoms with van der Waals surface area (Å²) >= 11 is 0. The van der Waals surface area contributed by atoms with Gasteiger partial charge in [0.25, 0.3) is 0 Å². The molecule has 2 aromatic heterocycles. The fraction of sp³-hybridized carbons (Fsp3) is 0.133. The van der Waals surface area contributed by atoms with E-state index in [-0.39, 0.29) is 11.5 Å². The van der Waals surface area contributed by atoms with Gasteiger partial charge in [0.2, 0.25) is 5.82 Å². The Morgan fingerprint density at radius 1 is 1.13 bits per heavy atom. The third-order valence-electron chi connectivity index (χ3n) is 3.15. The van der Waals surface area contributed by atoms with Crippen molar-refractivity contribution in [2.24, 2.45) is 0 Å². The fourth-order valence-electron chi connectivity index (χ4n) is 2.08. The van der Waals surface area contributed by atoms with E-state index in [9.17, 15) is 13.2 Å². The summed E-state index contributed by atoms with van der Waals surface area (Å²) in [4.78, 5) is 7.88. The second-order valence-corrected chi connectivity index (χ2v) is 4.64. The van der Waals surface area contributed by atoms with Crippen molar-refractivity contribution >= 4 is 0 Å². The number of nitrogens with one attached hydrogen (secondary N) is 1. The number of aromatic nitrogens is 4. The predicted molar refractivity (Wildman–Crippen MR) is 76.6 cm³/mol. The van der Waals surface area contributed by atoms with Crippen LogP contribution in [0.15, 0.2) is 42.6 Å². The highest BCUT2D eigenvalue weighted by molar-refractivity contribution is 5.62. The highest BCUT2D eigenvalue weighted by Crippen LogP contribution is 2.34. The van der Waals surface area contributed by atoms with Gasteiger partial charge in [0.05, 0.1) is 12.7 Å². The zero-order valence-electron chi connectivity index (χ0n) is 11.9. The van der Waals surface area contributed by atoms with Crippen molar-refractivity contribution in [3.8, 4) is 28.7 Å².